The van der Waals surface area contributed by atoms with Crippen LogP contribution in [0.15, 0.2) is 25.4 Å². The zero-order valence-corrected chi connectivity index (χ0v) is 14.7. The molecular formula is C14H20S4. The SMILES string of the molecule is CC1=C=C2SCCSCCSC2=C(C(C)(C)C)S1. The lowest BCUT2D eigenvalue weighted by atomic mass is 9.95. The lowest BCUT2D eigenvalue weighted by Crippen LogP contribution is -2.11. The number of hydrogen-bond donors (Lipinski definition) is 0. The first-order valence-corrected chi connectivity index (χ1v) is 10.2. The first kappa shape index (κ1) is 15.1. The Balaban J connectivity index is 2.41. The van der Waals surface area contributed by atoms with Gasteiger partial charge in [0, 0.05) is 37.7 Å². The van der Waals surface area contributed by atoms with Crippen molar-refractivity contribution in [3.05, 3.63) is 25.4 Å². The molecule has 18 heavy (non-hydrogen) atoms. The Labute approximate surface area is 128 Å². The highest BCUT2D eigenvalue weighted by Gasteiger charge is 2.27. The maximum atomic E-state index is 3.59. The Morgan fingerprint density at radius 2 is 1.67 bits per heavy atom. The fourth-order valence-electron chi connectivity index (χ4n) is 1.78. The van der Waals surface area contributed by atoms with E-state index >= 15 is 0 Å². The fourth-order valence-corrected chi connectivity index (χ4v) is 6.82. The Morgan fingerprint density at radius 1 is 1.00 bits per heavy atom. The summed E-state index contributed by atoms with van der Waals surface area (Å²) in [5.74, 6) is 4.98. The minimum atomic E-state index is 0.239. The van der Waals surface area contributed by atoms with Gasteiger partial charge in [0.15, 0.2) is 0 Å². The first-order valence-electron chi connectivity index (χ1n) is 6.22. The molecule has 0 aromatic carbocycles. The summed E-state index contributed by atoms with van der Waals surface area (Å²) < 4.78 is 0. The number of allylic oxidation sites excluding steroid dienone is 1. The van der Waals surface area contributed by atoms with Crippen molar-refractivity contribution in [2.75, 3.05) is 23.0 Å². The Kier molecular flexibility index (Phi) is 5.36. The van der Waals surface area contributed by atoms with Gasteiger partial charge in [-0.2, -0.15) is 11.8 Å². The molecule has 2 heterocycles. The van der Waals surface area contributed by atoms with Crippen LogP contribution in [-0.2, 0) is 0 Å². The molecule has 0 aromatic rings. The molecule has 0 N–H and O–H groups in total. The first-order chi connectivity index (χ1) is 8.48. The predicted molar refractivity (Wildman–Crippen MR) is 92.5 cm³/mol. The Bertz CT molecular complexity index is 420. The molecule has 4 heteroatoms. The van der Waals surface area contributed by atoms with Crippen LogP contribution in [0.25, 0.3) is 0 Å². The van der Waals surface area contributed by atoms with Gasteiger partial charge in [-0.05, 0) is 12.3 Å². The van der Waals surface area contributed by atoms with Gasteiger partial charge in [0.05, 0.1) is 4.91 Å². The van der Waals surface area contributed by atoms with Crippen molar-refractivity contribution in [2.45, 2.75) is 27.7 Å². The molecule has 0 bridgehead atoms. The Hall–Kier alpha value is 0.660. The average Bonchev–Trinajstić information content (AvgIpc) is 2.38. The summed E-state index contributed by atoms with van der Waals surface area (Å²) in [5.41, 5.74) is 3.83. The lowest BCUT2D eigenvalue weighted by Gasteiger charge is -2.28. The molecule has 100 valence electrons. The highest BCUT2D eigenvalue weighted by atomic mass is 32.2. The lowest BCUT2D eigenvalue weighted by molar-refractivity contribution is 0.532. The highest BCUT2D eigenvalue weighted by molar-refractivity contribution is 8.12. The van der Waals surface area contributed by atoms with E-state index in [1.807, 2.05) is 35.3 Å². The average molecular weight is 317 g/mol. The van der Waals surface area contributed by atoms with Crippen molar-refractivity contribution in [3.63, 3.8) is 0 Å². The molecule has 0 saturated carbocycles. The second-order valence-corrected chi connectivity index (χ2v) is 9.99. The molecule has 0 aliphatic carbocycles. The third-order valence-electron chi connectivity index (χ3n) is 2.59. The molecule has 2 aliphatic heterocycles. The van der Waals surface area contributed by atoms with E-state index in [-0.39, 0.29) is 5.41 Å². The Morgan fingerprint density at radius 3 is 2.33 bits per heavy atom. The van der Waals surface area contributed by atoms with Crippen LogP contribution in [0.1, 0.15) is 27.7 Å². The third-order valence-corrected chi connectivity index (χ3v) is 7.88. The minimum Gasteiger partial charge on any atom is -0.160 e. The molecule has 0 amide bonds. The normalized spacial score (nSPS) is 22.4. The molecule has 1 saturated heterocycles. The summed E-state index contributed by atoms with van der Waals surface area (Å²) in [6.45, 7) is 9.16. The van der Waals surface area contributed by atoms with Gasteiger partial charge in [0.1, 0.15) is 0 Å². The van der Waals surface area contributed by atoms with Crippen molar-refractivity contribution >= 4 is 47.0 Å². The second-order valence-electron chi connectivity index (χ2n) is 5.33. The van der Waals surface area contributed by atoms with E-state index in [2.05, 4.69) is 45.2 Å². The van der Waals surface area contributed by atoms with Gasteiger partial charge < -0.3 is 0 Å². The molecular weight excluding hydrogens is 296 g/mol. The summed E-state index contributed by atoms with van der Waals surface area (Å²) >= 11 is 8.03. The zero-order valence-electron chi connectivity index (χ0n) is 11.5. The summed E-state index contributed by atoms with van der Waals surface area (Å²) in [6.07, 6.45) is 0. The van der Waals surface area contributed by atoms with Crippen molar-refractivity contribution in [2.24, 2.45) is 5.41 Å². The van der Waals surface area contributed by atoms with Gasteiger partial charge in [-0.3, -0.25) is 0 Å². The minimum absolute atomic E-state index is 0.239. The highest BCUT2D eigenvalue weighted by Crippen LogP contribution is 2.50. The second kappa shape index (κ2) is 6.41. The summed E-state index contributed by atoms with van der Waals surface area (Å²) in [5, 5.41) is 0. The monoisotopic (exact) mass is 316 g/mol. The standard InChI is InChI=1S/C14H20S4/c1-10-9-11-12(13(18-10)14(2,3)4)17-8-6-15-5-7-16-11/h5-8H2,1-4H3. The van der Waals surface area contributed by atoms with E-state index in [9.17, 15) is 0 Å². The van der Waals surface area contributed by atoms with Crippen LogP contribution in [-0.4, -0.2) is 23.0 Å². The quantitative estimate of drug-likeness (QED) is 0.534. The number of rotatable bonds is 0. The maximum absolute atomic E-state index is 3.59. The van der Waals surface area contributed by atoms with Crippen LogP contribution in [0.2, 0.25) is 0 Å². The van der Waals surface area contributed by atoms with E-state index in [4.69, 9.17) is 0 Å². The third kappa shape index (κ3) is 3.83. The number of thioether (sulfide) groups is 4. The van der Waals surface area contributed by atoms with Crippen LogP contribution in [0.5, 0.6) is 0 Å². The van der Waals surface area contributed by atoms with Crippen LogP contribution < -0.4 is 0 Å². The smallest absolute Gasteiger partial charge is 0.0645 e. The van der Waals surface area contributed by atoms with Crippen LogP contribution >= 0.6 is 47.0 Å². The molecule has 0 spiro atoms. The van der Waals surface area contributed by atoms with Crippen molar-refractivity contribution in [3.8, 4) is 0 Å². The summed E-state index contributed by atoms with van der Waals surface area (Å²) in [6, 6.07) is 0. The van der Waals surface area contributed by atoms with E-state index in [0.29, 0.717) is 0 Å². The van der Waals surface area contributed by atoms with Gasteiger partial charge in [0.2, 0.25) is 0 Å². The predicted octanol–water partition coefficient (Wildman–Crippen LogP) is 5.59. The maximum Gasteiger partial charge on any atom is 0.0645 e. The van der Waals surface area contributed by atoms with Gasteiger partial charge >= 0.3 is 0 Å². The van der Waals surface area contributed by atoms with Gasteiger partial charge in [-0.1, -0.05) is 38.3 Å². The van der Waals surface area contributed by atoms with Gasteiger partial charge in [0.25, 0.3) is 0 Å². The number of fused-ring (bicyclic) bond motifs is 1. The van der Waals surface area contributed by atoms with Crippen LogP contribution in [0.3, 0.4) is 0 Å². The molecule has 0 atom stereocenters. The summed E-state index contributed by atoms with van der Waals surface area (Å²) in [7, 11) is 0. The molecule has 0 unspecified atom stereocenters. The van der Waals surface area contributed by atoms with Crippen LogP contribution in [0.4, 0.5) is 0 Å². The van der Waals surface area contributed by atoms with Crippen molar-refractivity contribution in [1.82, 2.24) is 0 Å². The molecule has 0 nitrogen and oxygen atoms in total. The van der Waals surface area contributed by atoms with E-state index < -0.39 is 0 Å². The van der Waals surface area contributed by atoms with Crippen molar-refractivity contribution in [1.29, 1.82) is 0 Å². The molecule has 0 aromatic heterocycles. The zero-order chi connectivity index (χ0) is 13.2. The summed E-state index contributed by atoms with van der Waals surface area (Å²) in [4.78, 5) is 5.76. The van der Waals surface area contributed by atoms with E-state index in [0.717, 1.165) is 0 Å². The van der Waals surface area contributed by atoms with Gasteiger partial charge in [-0.25, -0.2) is 0 Å². The van der Waals surface area contributed by atoms with Gasteiger partial charge in [-0.15, -0.1) is 23.5 Å². The molecule has 0 radical (unpaired) electrons. The van der Waals surface area contributed by atoms with Crippen molar-refractivity contribution < 1.29 is 0 Å². The topological polar surface area (TPSA) is 0 Å². The van der Waals surface area contributed by atoms with Crippen LogP contribution in [0, 0.1) is 5.41 Å². The van der Waals surface area contributed by atoms with E-state index in [1.54, 1.807) is 0 Å². The van der Waals surface area contributed by atoms with E-state index in [1.165, 1.54) is 42.6 Å². The molecule has 2 rings (SSSR count). The number of hydrogen-bond acceptors (Lipinski definition) is 4. The molecule has 2 aliphatic rings. The molecule has 1 fully saturated rings. The fraction of sp³-hybridized carbons (Fsp3) is 0.643. The largest absolute Gasteiger partial charge is 0.160 e.